The molecule has 1 N–H and O–H groups in total. The number of hydrogen-bond donors (Lipinski definition) is 1. The number of nitrogens with zero attached hydrogens (tertiary/aromatic N) is 1. The number of halogens is 1. The number of sulfonamides is 1. The first kappa shape index (κ1) is 17.1. The summed E-state index contributed by atoms with van der Waals surface area (Å²) in [5.41, 5.74) is 0. The van der Waals surface area contributed by atoms with E-state index in [0.717, 1.165) is 6.42 Å². The smallest absolute Gasteiger partial charge is 0.240 e. The first-order valence-electron chi connectivity index (χ1n) is 6.36. The SMILES string of the molecule is CCCN(C)C(=O)CCNS(=O)(=O)c1cccc(Br)c1. The number of carbonyl (C=O) groups is 1. The van der Waals surface area contributed by atoms with Gasteiger partial charge in [0.05, 0.1) is 4.90 Å². The monoisotopic (exact) mass is 362 g/mol. The quantitative estimate of drug-likeness (QED) is 0.806. The Morgan fingerprint density at radius 2 is 2.10 bits per heavy atom. The first-order valence-corrected chi connectivity index (χ1v) is 8.63. The van der Waals surface area contributed by atoms with Crippen LogP contribution in [0.15, 0.2) is 33.6 Å². The molecule has 0 aliphatic rings. The van der Waals surface area contributed by atoms with E-state index >= 15 is 0 Å². The van der Waals surface area contributed by atoms with E-state index in [1.54, 1.807) is 24.1 Å². The molecule has 0 heterocycles. The molecule has 5 nitrogen and oxygen atoms in total. The van der Waals surface area contributed by atoms with Crippen LogP contribution in [-0.4, -0.2) is 39.4 Å². The highest BCUT2D eigenvalue weighted by Gasteiger charge is 2.15. The lowest BCUT2D eigenvalue weighted by Gasteiger charge is -2.16. The third-order valence-corrected chi connectivity index (χ3v) is 4.67. The number of rotatable bonds is 7. The normalized spacial score (nSPS) is 11.3. The van der Waals surface area contributed by atoms with Gasteiger partial charge in [0.15, 0.2) is 0 Å². The molecule has 0 saturated carbocycles. The van der Waals surface area contributed by atoms with Gasteiger partial charge in [-0.05, 0) is 24.6 Å². The summed E-state index contributed by atoms with van der Waals surface area (Å²) in [5, 5.41) is 0. The van der Waals surface area contributed by atoms with E-state index in [0.29, 0.717) is 11.0 Å². The van der Waals surface area contributed by atoms with Crippen molar-refractivity contribution in [2.75, 3.05) is 20.1 Å². The van der Waals surface area contributed by atoms with Crippen molar-refractivity contribution in [3.05, 3.63) is 28.7 Å². The Labute approximate surface area is 128 Å². The van der Waals surface area contributed by atoms with Crippen LogP contribution < -0.4 is 4.72 Å². The summed E-state index contributed by atoms with van der Waals surface area (Å²) in [5.74, 6) is -0.0659. The second-order valence-corrected chi connectivity index (χ2v) is 7.10. The van der Waals surface area contributed by atoms with Crippen LogP contribution in [0.2, 0.25) is 0 Å². The van der Waals surface area contributed by atoms with Gasteiger partial charge in [-0.15, -0.1) is 0 Å². The fourth-order valence-electron chi connectivity index (χ4n) is 1.66. The van der Waals surface area contributed by atoms with Crippen molar-refractivity contribution in [1.82, 2.24) is 9.62 Å². The van der Waals surface area contributed by atoms with Crippen LogP contribution in [0, 0.1) is 0 Å². The Kier molecular flexibility index (Phi) is 6.64. The fourth-order valence-corrected chi connectivity index (χ4v) is 3.29. The summed E-state index contributed by atoms with van der Waals surface area (Å²) in [6, 6.07) is 6.44. The Morgan fingerprint density at radius 3 is 2.70 bits per heavy atom. The number of hydrogen-bond acceptors (Lipinski definition) is 3. The third kappa shape index (κ3) is 5.22. The zero-order valence-electron chi connectivity index (χ0n) is 11.6. The molecule has 0 fully saturated rings. The maximum absolute atomic E-state index is 12.0. The van der Waals surface area contributed by atoms with Crippen LogP contribution >= 0.6 is 15.9 Å². The molecule has 0 radical (unpaired) electrons. The van der Waals surface area contributed by atoms with Crippen molar-refractivity contribution in [2.24, 2.45) is 0 Å². The molecular formula is C13H19BrN2O3S. The Hall–Kier alpha value is -0.920. The molecule has 0 aliphatic carbocycles. The summed E-state index contributed by atoms with van der Waals surface area (Å²) in [4.78, 5) is 13.5. The largest absolute Gasteiger partial charge is 0.346 e. The molecule has 0 saturated heterocycles. The lowest BCUT2D eigenvalue weighted by molar-refractivity contribution is -0.129. The van der Waals surface area contributed by atoms with Gasteiger partial charge in [-0.3, -0.25) is 4.79 Å². The number of benzene rings is 1. The predicted molar refractivity (Wildman–Crippen MR) is 81.9 cm³/mol. The van der Waals surface area contributed by atoms with E-state index in [1.165, 1.54) is 12.1 Å². The van der Waals surface area contributed by atoms with Crippen molar-refractivity contribution >= 4 is 31.9 Å². The van der Waals surface area contributed by atoms with Crippen molar-refractivity contribution < 1.29 is 13.2 Å². The average molecular weight is 363 g/mol. The maximum atomic E-state index is 12.0. The van der Waals surface area contributed by atoms with Crippen molar-refractivity contribution in [1.29, 1.82) is 0 Å². The van der Waals surface area contributed by atoms with Gasteiger partial charge in [0.2, 0.25) is 15.9 Å². The molecule has 1 rings (SSSR count). The minimum Gasteiger partial charge on any atom is -0.346 e. The summed E-state index contributed by atoms with van der Waals surface area (Å²) < 4.78 is 27.1. The molecule has 1 aromatic rings. The molecule has 0 bridgehead atoms. The van der Waals surface area contributed by atoms with Crippen LogP contribution in [0.25, 0.3) is 0 Å². The topological polar surface area (TPSA) is 66.5 Å². The molecule has 7 heteroatoms. The molecule has 0 unspecified atom stereocenters. The first-order chi connectivity index (χ1) is 9.36. The van der Waals surface area contributed by atoms with Gasteiger partial charge in [-0.25, -0.2) is 13.1 Å². The standard InChI is InChI=1S/C13H19BrN2O3S/c1-3-9-16(2)13(17)7-8-15-20(18,19)12-6-4-5-11(14)10-12/h4-6,10,15H,3,7-9H2,1-2H3. The molecule has 0 aromatic heterocycles. The summed E-state index contributed by atoms with van der Waals surface area (Å²) in [6.07, 6.45) is 1.04. The summed E-state index contributed by atoms with van der Waals surface area (Å²) in [7, 11) is -1.85. The maximum Gasteiger partial charge on any atom is 0.240 e. The summed E-state index contributed by atoms with van der Waals surface area (Å²) >= 11 is 3.23. The lowest BCUT2D eigenvalue weighted by atomic mass is 10.3. The predicted octanol–water partition coefficient (Wildman–Crippen LogP) is 1.99. The highest BCUT2D eigenvalue weighted by molar-refractivity contribution is 9.10. The Balaban J connectivity index is 2.55. The molecule has 20 heavy (non-hydrogen) atoms. The van der Waals surface area contributed by atoms with Crippen molar-refractivity contribution in [2.45, 2.75) is 24.7 Å². The fraction of sp³-hybridized carbons (Fsp3) is 0.462. The molecule has 0 aliphatic heterocycles. The molecule has 1 amide bonds. The minimum absolute atomic E-state index is 0.0659. The van der Waals surface area contributed by atoms with Gasteiger partial charge in [-0.2, -0.15) is 0 Å². The van der Waals surface area contributed by atoms with Crippen LogP contribution in [0.1, 0.15) is 19.8 Å². The zero-order chi connectivity index (χ0) is 15.2. The van der Waals surface area contributed by atoms with Gasteiger partial charge in [0.1, 0.15) is 0 Å². The van der Waals surface area contributed by atoms with Crippen LogP contribution in [0.5, 0.6) is 0 Å². The summed E-state index contributed by atoms with van der Waals surface area (Å²) in [6.45, 7) is 2.76. The Morgan fingerprint density at radius 1 is 1.40 bits per heavy atom. The average Bonchev–Trinajstić information content (AvgIpc) is 2.38. The zero-order valence-corrected chi connectivity index (χ0v) is 14.0. The van der Waals surface area contributed by atoms with Gasteiger partial charge in [0.25, 0.3) is 0 Å². The number of nitrogens with one attached hydrogen (secondary N) is 1. The molecule has 0 spiro atoms. The van der Waals surface area contributed by atoms with E-state index < -0.39 is 10.0 Å². The molecular weight excluding hydrogens is 344 g/mol. The third-order valence-electron chi connectivity index (χ3n) is 2.72. The van der Waals surface area contributed by atoms with E-state index in [9.17, 15) is 13.2 Å². The second kappa shape index (κ2) is 7.75. The van der Waals surface area contributed by atoms with E-state index in [2.05, 4.69) is 20.7 Å². The Bertz CT molecular complexity index is 560. The molecule has 1 aromatic carbocycles. The van der Waals surface area contributed by atoms with Gasteiger partial charge in [-0.1, -0.05) is 28.9 Å². The van der Waals surface area contributed by atoms with Crippen LogP contribution in [-0.2, 0) is 14.8 Å². The van der Waals surface area contributed by atoms with Crippen LogP contribution in [0.3, 0.4) is 0 Å². The van der Waals surface area contributed by atoms with Crippen molar-refractivity contribution in [3.8, 4) is 0 Å². The van der Waals surface area contributed by atoms with Gasteiger partial charge >= 0.3 is 0 Å². The van der Waals surface area contributed by atoms with Gasteiger partial charge in [0, 0.05) is 31.0 Å². The highest BCUT2D eigenvalue weighted by Crippen LogP contribution is 2.15. The highest BCUT2D eigenvalue weighted by atomic mass is 79.9. The van der Waals surface area contributed by atoms with E-state index in [-0.39, 0.29) is 23.8 Å². The van der Waals surface area contributed by atoms with E-state index in [4.69, 9.17) is 0 Å². The lowest BCUT2D eigenvalue weighted by Crippen LogP contribution is -2.32. The second-order valence-electron chi connectivity index (χ2n) is 4.42. The van der Waals surface area contributed by atoms with E-state index in [1.807, 2.05) is 6.92 Å². The number of amides is 1. The molecule has 112 valence electrons. The van der Waals surface area contributed by atoms with Gasteiger partial charge < -0.3 is 4.90 Å². The van der Waals surface area contributed by atoms with Crippen molar-refractivity contribution in [3.63, 3.8) is 0 Å². The number of carbonyl (C=O) groups excluding carboxylic acids is 1. The molecule has 0 atom stereocenters. The van der Waals surface area contributed by atoms with Crippen LogP contribution in [0.4, 0.5) is 0 Å². The minimum atomic E-state index is -3.57.